The molecular formula is C40H48ClFN4O8S. The van der Waals surface area contributed by atoms with Crippen LogP contribution in [0.15, 0.2) is 88.9 Å². The molecule has 0 bridgehead atoms. The van der Waals surface area contributed by atoms with Crippen molar-refractivity contribution in [3.05, 3.63) is 117 Å². The number of halogens is 2. The first-order valence-electron chi connectivity index (χ1n) is 17.9. The van der Waals surface area contributed by atoms with Gasteiger partial charge in [0.1, 0.15) is 5.82 Å². The van der Waals surface area contributed by atoms with Gasteiger partial charge in [-0.1, -0.05) is 99.1 Å². The van der Waals surface area contributed by atoms with Crippen molar-refractivity contribution < 1.29 is 39.2 Å². The minimum atomic E-state index is -2.27. The quantitative estimate of drug-likeness (QED) is 0.0689. The van der Waals surface area contributed by atoms with Gasteiger partial charge in [-0.25, -0.2) is 14.0 Å². The van der Waals surface area contributed by atoms with E-state index >= 15 is 0 Å². The molecule has 0 aliphatic heterocycles. The first-order valence-corrected chi connectivity index (χ1v) is 19.3. The number of hydrogen-bond donors (Lipinski definition) is 4. The van der Waals surface area contributed by atoms with Crippen molar-refractivity contribution in [2.24, 2.45) is 0 Å². The van der Waals surface area contributed by atoms with Crippen LogP contribution in [-0.4, -0.2) is 96.0 Å². The van der Waals surface area contributed by atoms with Gasteiger partial charge in [-0.3, -0.25) is 9.59 Å². The van der Waals surface area contributed by atoms with Crippen molar-refractivity contribution in [3.63, 3.8) is 0 Å². The monoisotopic (exact) mass is 798 g/mol. The van der Waals surface area contributed by atoms with Gasteiger partial charge in [0.05, 0.1) is 0 Å². The third-order valence-electron chi connectivity index (χ3n) is 8.64. The molecule has 0 spiro atoms. The number of nitrogens with zero attached hydrogens (tertiary/aromatic N) is 4. The second-order valence-electron chi connectivity index (χ2n) is 12.6. The average Bonchev–Trinajstić information content (AvgIpc) is 3.18. The Labute approximate surface area is 329 Å². The third-order valence-corrected chi connectivity index (χ3v) is 9.95. The number of aliphatic hydroxyl groups excluding tert-OH is 2. The van der Waals surface area contributed by atoms with Crippen LogP contribution in [0.3, 0.4) is 0 Å². The Morgan fingerprint density at radius 3 is 1.91 bits per heavy atom. The van der Waals surface area contributed by atoms with E-state index < -0.39 is 24.1 Å². The molecule has 2 unspecified atom stereocenters. The molecule has 0 fully saturated rings. The summed E-state index contributed by atoms with van der Waals surface area (Å²) in [4.78, 5) is 54.7. The number of aromatic nitrogens is 2. The summed E-state index contributed by atoms with van der Waals surface area (Å²) >= 11 is 7.48. The number of carbonyl (C=O) groups excluding carboxylic acids is 1. The molecule has 1 aromatic heterocycles. The van der Waals surface area contributed by atoms with Gasteiger partial charge < -0.3 is 34.8 Å². The second-order valence-corrected chi connectivity index (χ2v) is 14.0. The summed E-state index contributed by atoms with van der Waals surface area (Å²) in [6, 6.07) is 22.4. The van der Waals surface area contributed by atoms with Crippen LogP contribution in [0.4, 0.5) is 4.39 Å². The largest absolute Gasteiger partial charge is 0.479 e. The SMILES string of the molecule is CCCc1cn(CCC(=O)N(CCN(CC)CC)Cc2ccc(-c3ccc(Cl)cc3)cc2)c(SCc2ccc(F)cc2)nc1=O.O=C(O)C(O)C(O)C(=O)O. The molecule has 0 saturated carbocycles. The summed E-state index contributed by atoms with van der Waals surface area (Å²) in [5.74, 6) is -3.24. The number of carboxylic acid groups (broad SMARTS) is 2. The lowest BCUT2D eigenvalue weighted by atomic mass is 10.0. The molecule has 55 heavy (non-hydrogen) atoms. The number of carbonyl (C=O) groups is 3. The van der Waals surface area contributed by atoms with Gasteiger partial charge in [-0.05, 0) is 66.0 Å². The van der Waals surface area contributed by atoms with Crippen molar-refractivity contribution in [1.82, 2.24) is 19.4 Å². The molecule has 15 heteroatoms. The van der Waals surface area contributed by atoms with E-state index in [2.05, 4.69) is 48.0 Å². The van der Waals surface area contributed by atoms with Crippen molar-refractivity contribution in [3.8, 4) is 11.1 Å². The Bertz CT molecular complexity index is 1870. The number of rotatable bonds is 19. The maximum absolute atomic E-state index is 13.8. The minimum Gasteiger partial charge on any atom is -0.479 e. The van der Waals surface area contributed by atoms with E-state index in [0.717, 1.165) is 48.3 Å². The summed E-state index contributed by atoms with van der Waals surface area (Å²) in [6.07, 6.45) is -0.940. The highest BCUT2D eigenvalue weighted by Crippen LogP contribution is 2.24. The van der Waals surface area contributed by atoms with Gasteiger partial charge in [0.2, 0.25) is 5.91 Å². The van der Waals surface area contributed by atoms with Crippen LogP contribution in [-0.2, 0) is 39.6 Å². The Morgan fingerprint density at radius 2 is 1.38 bits per heavy atom. The normalized spacial score (nSPS) is 12.1. The number of benzene rings is 3. The van der Waals surface area contributed by atoms with Gasteiger partial charge >= 0.3 is 11.9 Å². The third kappa shape index (κ3) is 14.5. The molecule has 2 atom stereocenters. The topological polar surface area (TPSA) is 174 Å². The van der Waals surface area contributed by atoms with Crippen molar-refractivity contribution >= 4 is 41.2 Å². The number of thioether (sulfide) groups is 1. The van der Waals surface area contributed by atoms with Crippen LogP contribution in [0, 0.1) is 5.82 Å². The highest BCUT2D eigenvalue weighted by molar-refractivity contribution is 7.98. The number of aryl methyl sites for hydroxylation is 2. The van der Waals surface area contributed by atoms with Crippen molar-refractivity contribution in [1.29, 1.82) is 0 Å². The van der Waals surface area contributed by atoms with E-state index in [1.54, 1.807) is 12.1 Å². The zero-order chi connectivity index (χ0) is 40.5. The number of aliphatic carboxylic acids is 2. The predicted octanol–water partition coefficient (Wildman–Crippen LogP) is 5.59. The summed E-state index contributed by atoms with van der Waals surface area (Å²) in [7, 11) is 0. The number of likely N-dealkylation sites (N-methyl/N-ethyl adjacent to an activating group) is 1. The molecule has 12 nitrogen and oxygen atoms in total. The Morgan fingerprint density at radius 1 is 0.836 bits per heavy atom. The fraction of sp³-hybridized carbons (Fsp3) is 0.375. The standard InChI is InChI=1S/C36H42ClFN4O2S.C4H6O6/c1-4-7-31-25-42(36(39-35(31)44)45-26-28-10-18-33(38)19-11-28)21-20-34(43)41(23-22-40(5-2)6-3)24-27-8-12-29(13-9-27)30-14-16-32(37)17-15-30;5-1(3(7)8)2(6)4(9)10/h8-19,25H,4-7,20-24,26H2,1-3H3;1-2,5-6H,(H,7,8)(H,9,10). The number of amides is 1. The molecule has 296 valence electrons. The van der Waals surface area contributed by atoms with Gasteiger partial charge in [-0.2, -0.15) is 4.98 Å². The summed E-state index contributed by atoms with van der Waals surface area (Å²) < 4.78 is 15.3. The van der Waals surface area contributed by atoms with E-state index in [9.17, 15) is 23.6 Å². The van der Waals surface area contributed by atoms with E-state index in [1.807, 2.05) is 46.9 Å². The smallest absolute Gasteiger partial charge is 0.335 e. The molecule has 0 aliphatic rings. The number of carboxylic acids is 2. The van der Waals surface area contributed by atoms with E-state index in [0.29, 0.717) is 47.6 Å². The predicted molar refractivity (Wildman–Crippen MR) is 210 cm³/mol. The molecule has 0 saturated heterocycles. The molecule has 4 aromatic rings. The summed E-state index contributed by atoms with van der Waals surface area (Å²) in [5, 5.41) is 33.8. The lowest BCUT2D eigenvalue weighted by molar-refractivity contribution is -0.165. The fourth-order valence-corrected chi connectivity index (χ4v) is 6.44. The average molecular weight is 799 g/mol. The van der Waals surface area contributed by atoms with Crippen LogP contribution in [0.25, 0.3) is 11.1 Å². The highest BCUT2D eigenvalue weighted by atomic mass is 35.5. The minimum absolute atomic E-state index is 0.0501. The van der Waals surface area contributed by atoms with Crippen LogP contribution >= 0.6 is 23.4 Å². The van der Waals surface area contributed by atoms with Gasteiger partial charge in [0.25, 0.3) is 5.56 Å². The Balaban J connectivity index is 0.000000712. The maximum atomic E-state index is 13.8. The molecule has 4 rings (SSSR count). The van der Waals surface area contributed by atoms with Gasteiger partial charge in [0, 0.05) is 55.1 Å². The van der Waals surface area contributed by atoms with Crippen LogP contribution in [0.2, 0.25) is 5.02 Å². The fourth-order valence-electron chi connectivity index (χ4n) is 5.37. The molecule has 4 N–H and O–H groups in total. The molecule has 1 heterocycles. The van der Waals surface area contributed by atoms with Crippen LogP contribution < -0.4 is 5.56 Å². The maximum Gasteiger partial charge on any atom is 0.335 e. The van der Waals surface area contributed by atoms with Crippen LogP contribution in [0.1, 0.15) is 50.3 Å². The first-order chi connectivity index (χ1) is 26.3. The highest BCUT2D eigenvalue weighted by Gasteiger charge is 2.29. The van der Waals surface area contributed by atoms with Gasteiger partial charge in [-0.15, -0.1) is 0 Å². The second kappa shape index (κ2) is 22.7. The van der Waals surface area contributed by atoms with Crippen LogP contribution in [0.5, 0.6) is 0 Å². The molecule has 0 aliphatic carbocycles. The first kappa shape index (κ1) is 44.8. The summed E-state index contributed by atoms with van der Waals surface area (Å²) in [5.41, 5.74) is 4.59. The van der Waals surface area contributed by atoms with E-state index in [1.165, 1.54) is 23.9 Å². The lowest BCUT2D eigenvalue weighted by Gasteiger charge is -2.27. The lowest BCUT2D eigenvalue weighted by Crippen LogP contribution is -2.39. The molecule has 0 radical (unpaired) electrons. The van der Waals surface area contributed by atoms with E-state index in [-0.39, 0.29) is 23.7 Å². The van der Waals surface area contributed by atoms with Crippen molar-refractivity contribution in [2.75, 3.05) is 26.2 Å². The molecule has 1 amide bonds. The Kier molecular flexibility index (Phi) is 18.5. The Hall–Kier alpha value is -4.60. The molecule has 3 aromatic carbocycles. The number of hydrogen-bond acceptors (Lipinski definition) is 9. The van der Waals surface area contributed by atoms with Crippen molar-refractivity contribution in [2.45, 2.75) is 76.2 Å². The zero-order valence-electron chi connectivity index (χ0n) is 31.1. The van der Waals surface area contributed by atoms with E-state index in [4.69, 9.17) is 32.0 Å². The van der Waals surface area contributed by atoms with Gasteiger partial charge in [0.15, 0.2) is 17.4 Å². The number of aliphatic hydroxyl groups is 2. The molecular weight excluding hydrogens is 751 g/mol. The summed E-state index contributed by atoms with van der Waals surface area (Å²) in [6.45, 7) is 10.5. The zero-order valence-corrected chi connectivity index (χ0v) is 32.7.